The Morgan fingerprint density at radius 2 is 1.14 bits per heavy atom. The van der Waals surface area contributed by atoms with Crippen LogP contribution in [0.3, 0.4) is 0 Å². The molecular formula is C25H44O4. The quantitative estimate of drug-likeness (QED) is 0.208. The van der Waals surface area contributed by atoms with Crippen LogP contribution >= 0.6 is 0 Å². The molecule has 0 aliphatic rings. The lowest BCUT2D eigenvalue weighted by Crippen LogP contribution is -2.23. The molecule has 0 radical (unpaired) electrons. The number of benzene rings is 1. The number of carbonyl (C=O) groups is 1. The lowest BCUT2D eigenvalue weighted by Gasteiger charge is -2.19. The number of aliphatic hydroxyl groups is 2. The molecule has 4 nitrogen and oxygen atoms in total. The van der Waals surface area contributed by atoms with Crippen molar-refractivity contribution in [1.29, 1.82) is 0 Å². The molecule has 0 aromatic heterocycles. The van der Waals surface area contributed by atoms with Crippen molar-refractivity contribution in [2.24, 2.45) is 0 Å². The second kappa shape index (κ2) is 18.6. The van der Waals surface area contributed by atoms with Crippen LogP contribution in [-0.2, 0) is 10.6 Å². The molecule has 0 amide bonds. The molecule has 0 fully saturated rings. The molecule has 168 valence electrons. The molecule has 0 bridgehead atoms. The lowest BCUT2D eigenvalue weighted by molar-refractivity contribution is -0.171. The van der Waals surface area contributed by atoms with Gasteiger partial charge in [-0.05, 0) is 6.42 Å². The highest BCUT2D eigenvalue weighted by molar-refractivity contribution is 5.66. The van der Waals surface area contributed by atoms with Gasteiger partial charge in [-0.15, -0.1) is 0 Å². The van der Waals surface area contributed by atoms with Gasteiger partial charge >= 0.3 is 5.97 Å². The van der Waals surface area contributed by atoms with E-state index in [9.17, 15) is 15.0 Å². The molecule has 29 heavy (non-hydrogen) atoms. The zero-order valence-corrected chi connectivity index (χ0v) is 18.7. The largest absolute Gasteiger partial charge is 0.481 e. The summed E-state index contributed by atoms with van der Waals surface area (Å²) in [7, 11) is 0. The predicted molar refractivity (Wildman–Crippen MR) is 121 cm³/mol. The maximum absolute atomic E-state index is 10.3. The standard InChI is InChI=1S/C16H32O2.C9H12O2/c1-2-3-4-5-6-7-8-9-10-11-12-13-14-15-16(17)18;1-2-9(10,11)8-6-4-3-5-7-8/h2-15H2,1H3,(H,17,18);3-7,10-11H,2H2,1H3. The molecule has 0 saturated heterocycles. The zero-order chi connectivity index (χ0) is 21.8. The summed E-state index contributed by atoms with van der Waals surface area (Å²) in [6.07, 6.45) is 17.6. The Morgan fingerprint density at radius 3 is 1.52 bits per heavy atom. The Labute approximate surface area is 178 Å². The van der Waals surface area contributed by atoms with Crippen LogP contribution in [0.2, 0.25) is 0 Å². The minimum atomic E-state index is -1.67. The van der Waals surface area contributed by atoms with Crippen molar-refractivity contribution in [1.82, 2.24) is 0 Å². The Kier molecular flexibility index (Phi) is 17.7. The second-order valence-corrected chi connectivity index (χ2v) is 7.92. The van der Waals surface area contributed by atoms with Crippen LogP contribution in [0, 0.1) is 0 Å². The molecule has 1 aromatic carbocycles. The van der Waals surface area contributed by atoms with E-state index in [2.05, 4.69) is 6.92 Å². The predicted octanol–water partition coefficient (Wildman–Crippen LogP) is 6.79. The molecule has 0 aliphatic heterocycles. The Bertz CT molecular complexity index is 485. The van der Waals surface area contributed by atoms with Gasteiger partial charge in [-0.3, -0.25) is 4.79 Å². The molecule has 0 heterocycles. The number of unbranched alkanes of at least 4 members (excludes halogenated alkanes) is 12. The molecule has 1 aromatic rings. The minimum Gasteiger partial charge on any atom is -0.481 e. The first kappa shape index (κ1) is 27.6. The van der Waals surface area contributed by atoms with Gasteiger partial charge in [0.15, 0.2) is 5.79 Å². The third-order valence-electron chi connectivity index (χ3n) is 5.22. The summed E-state index contributed by atoms with van der Waals surface area (Å²) < 4.78 is 0. The molecule has 0 atom stereocenters. The Morgan fingerprint density at radius 1 is 0.724 bits per heavy atom. The number of rotatable bonds is 16. The van der Waals surface area contributed by atoms with Crippen LogP contribution in [0.25, 0.3) is 0 Å². The van der Waals surface area contributed by atoms with E-state index in [1.54, 1.807) is 31.2 Å². The maximum Gasteiger partial charge on any atom is 0.303 e. The SMILES string of the molecule is CCC(O)(O)c1ccccc1.CCCCCCCCCCCCCCCC(=O)O. The van der Waals surface area contributed by atoms with Crippen LogP contribution in [0.4, 0.5) is 0 Å². The van der Waals surface area contributed by atoms with Gasteiger partial charge in [-0.1, -0.05) is 121 Å². The van der Waals surface area contributed by atoms with Crippen molar-refractivity contribution in [2.45, 2.75) is 116 Å². The van der Waals surface area contributed by atoms with Crippen LogP contribution < -0.4 is 0 Å². The van der Waals surface area contributed by atoms with E-state index >= 15 is 0 Å². The number of aliphatic carboxylic acids is 1. The number of carboxylic acids is 1. The fraction of sp³-hybridized carbons (Fsp3) is 0.720. The van der Waals surface area contributed by atoms with E-state index in [0.29, 0.717) is 18.4 Å². The number of hydrogen-bond acceptors (Lipinski definition) is 3. The van der Waals surface area contributed by atoms with Crippen LogP contribution in [0.5, 0.6) is 0 Å². The van der Waals surface area contributed by atoms with Gasteiger partial charge < -0.3 is 15.3 Å². The van der Waals surface area contributed by atoms with Crippen molar-refractivity contribution < 1.29 is 20.1 Å². The normalized spacial score (nSPS) is 11.0. The van der Waals surface area contributed by atoms with Gasteiger partial charge in [0.2, 0.25) is 0 Å². The lowest BCUT2D eigenvalue weighted by atomic mass is 10.0. The molecule has 0 unspecified atom stereocenters. The van der Waals surface area contributed by atoms with E-state index in [0.717, 1.165) is 12.8 Å². The van der Waals surface area contributed by atoms with E-state index in [1.165, 1.54) is 70.6 Å². The van der Waals surface area contributed by atoms with Gasteiger partial charge in [-0.2, -0.15) is 0 Å². The number of hydrogen-bond donors (Lipinski definition) is 3. The third-order valence-corrected chi connectivity index (χ3v) is 5.22. The monoisotopic (exact) mass is 408 g/mol. The van der Waals surface area contributed by atoms with E-state index in [-0.39, 0.29) is 0 Å². The Hall–Kier alpha value is -1.39. The maximum atomic E-state index is 10.3. The van der Waals surface area contributed by atoms with Crippen LogP contribution in [0.15, 0.2) is 30.3 Å². The van der Waals surface area contributed by atoms with Crippen LogP contribution in [-0.4, -0.2) is 21.3 Å². The summed E-state index contributed by atoms with van der Waals surface area (Å²) >= 11 is 0. The second-order valence-electron chi connectivity index (χ2n) is 7.92. The average Bonchev–Trinajstić information content (AvgIpc) is 2.72. The molecule has 0 spiro atoms. The highest BCUT2D eigenvalue weighted by Crippen LogP contribution is 2.20. The smallest absolute Gasteiger partial charge is 0.303 e. The fourth-order valence-corrected chi connectivity index (χ4v) is 3.20. The topological polar surface area (TPSA) is 77.8 Å². The summed E-state index contributed by atoms with van der Waals surface area (Å²) in [5.41, 5.74) is 0.544. The van der Waals surface area contributed by atoms with Crippen molar-refractivity contribution in [3.05, 3.63) is 35.9 Å². The zero-order valence-electron chi connectivity index (χ0n) is 18.7. The van der Waals surface area contributed by atoms with E-state index in [1.807, 2.05) is 6.07 Å². The molecule has 0 aliphatic carbocycles. The first-order valence-corrected chi connectivity index (χ1v) is 11.7. The van der Waals surface area contributed by atoms with Gasteiger partial charge in [0, 0.05) is 18.4 Å². The van der Waals surface area contributed by atoms with Gasteiger partial charge in [0.25, 0.3) is 0 Å². The van der Waals surface area contributed by atoms with Gasteiger partial charge in [-0.25, -0.2) is 0 Å². The summed E-state index contributed by atoms with van der Waals surface area (Å²) in [6.45, 7) is 3.99. The third kappa shape index (κ3) is 17.2. The minimum absolute atomic E-state index is 0.303. The first-order chi connectivity index (χ1) is 13.9. The summed E-state index contributed by atoms with van der Waals surface area (Å²) in [5.74, 6) is -2.32. The molecule has 4 heteroatoms. The van der Waals surface area contributed by atoms with Crippen molar-refractivity contribution in [3.63, 3.8) is 0 Å². The van der Waals surface area contributed by atoms with Crippen molar-refractivity contribution in [2.75, 3.05) is 0 Å². The Balaban J connectivity index is 0.000000604. The molecular weight excluding hydrogens is 364 g/mol. The van der Waals surface area contributed by atoms with Gasteiger partial charge in [0.05, 0.1) is 0 Å². The van der Waals surface area contributed by atoms with E-state index < -0.39 is 11.8 Å². The highest BCUT2D eigenvalue weighted by atomic mass is 16.5. The molecule has 0 saturated carbocycles. The average molecular weight is 409 g/mol. The summed E-state index contributed by atoms with van der Waals surface area (Å²) in [5, 5.41) is 27.2. The molecule has 3 N–H and O–H groups in total. The van der Waals surface area contributed by atoms with Crippen LogP contribution in [0.1, 0.15) is 116 Å². The van der Waals surface area contributed by atoms with Gasteiger partial charge in [0.1, 0.15) is 0 Å². The van der Waals surface area contributed by atoms with Crippen molar-refractivity contribution in [3.8, 4) is 0 Å². The molecule has 1 rings (SSSR count). The highest BCUT2D eigenvalue weighted by Gasteiger charge is 2.21. The van der Waals surface area contributed by atoms with E-state index in [4.69, 9.17) is 5.11 Å². The summed E-state index contributed by atoms with van der Waals surface area (Å²) in [4.78, 5) is 10.3. The number of carboxylic acid groups (broad SMARTS) is 1. The van der Waals surface area contributed by atoms with Crippen molar-refractivity contribution >= 4 is 5.97 Å². The first-order valence-electron chi connectivity index (χ1n) is 11.7. The fourth-order valence-electron chi connectivity index (χ4n) is 3.20. The summed E-state index contributed by atoms with van der Waals surface area (Å²) in [6, 6.07) is 8.81.